The van der Waals surface area contributed by atoms with Crippen LogP contribution < -0.4 is 10.6 Å². The average Bonchev–Trinajstić information content (AvgIpc) is 3.34. The van der Waals surface area contributed by atoms with Crippen LogP contribution in [-0.2, 0) is 6.54 Å². The van der Waals surface area contributed by atoms with Crippen LogP contribution in [0.3, 0.4) is 0 Å². The number of aromatic nitrogens is 4. The lowest BCUT2D eigenvalue weighted by Gasteiger charge is -2.05. The smallest absolute Gasteiger partial charge is 0.316 e. The van der Waals surface area contributed by atoms with Crippen molar-refractivity contribution in [2.24, 2.45) is 0 Å². The van der Waals surface area contributed by atoms with Crippen molar-refractivity contribution >= 4 is 33.4 Å². The predicted molar refractivity (Wildman–Crippen MR) is 101 cm³/mol. The molecule has 0 saturated heterocycles. The molecular formula is C16H14BrN7O5. The summed E-state index contributed by atoms with van der Waals surface area (Å²) in [5.74, 6) is -1.01. The lowest BCUT2D eigenvalue weighted by atomic mass is 10.2. The number of amides is 2. The van der Waals surface area contributed by atoms with E-state index in [2.05, 4.69) is 41.8 Å². The number of nitro groups is 1. The van der Waals surface area contributed by atoms with E-state index in [0.29, 0.717) is 0 Å². The molecule has 0 atom stereocenters. The summed E-state index contributed by atoms with van der Waals surface area (Å²) in [6, 6.07) is 5.34. The van der Waals surface area contributed by atoms with Crippen LogP contribution in [0.1, 0.15) is 26.9 Å². The van der Waals surface area contributed by atoms with E-state index >= 15 is 0 Å². The van der Waals surface area contributed by atoms with E-state index in [4.69, 9.17) is 4.52 Å². The van der Waals surface area contributed by atoms with Crippen molar-refractivity contribution in [2.75, 3.05) is 13.1 Å². The first-order valence-corrected chi connectivity index (χ1v) is 9.03. The van der Waals surface area contributed by atoms with Crippen LogP contribution in [-0.4, -0.2) is 49.7 Å². The summed E-state index contributed by atoms with van der Waals surface area (Å²) in [5.41, 5.74) is -0.0297. The number of nitrogens with zero attached hydrogens (tertiary/aromatic N) is 5. The number of nitro benzene ring substituents is 1. The molecule has 13 heteroatoms. The van der Waals surface area contributed by atoms with Gasteiger partial charge < -0.3 is 15.2 Å². The molecule has 2 amide bonds. The quantitative estimate of drug-likeness (QED) is 0.285. The fraction of sp³-hybridized carbons (Fsp3) is 0.188. The van der Waals surface area contributed by atoms with Gasteiger partial charge in [-0.15, -0.1) is 0 Å². The summed E-state index contributed by atoms with van der Waals surface area (Å²) in [7, 11) is 0. The number of rotatable bonds is 8. The molecule has 0 aliphatic heterocycles. The number of carbonyl (C=O) groups excluding carboxylic acids is 2. The van der Waals surface area contributed by atoms with Gasteiger partial charge in [0.25, 0.3) is 11.6 Å². The Morgan fingerprint density at radius 1 is 1.24 bits per heavy atom. The zero-order valence-electron chi connectivity index (χ0n) is 14.7. The van der Waals surface area contributed by atoms with Crippen LogP contribution in [0.5, 0.6) is 0 Å². The van der Waals surface area contributed by atoms with E-state index in [-0.39, 0.29) is 42.6 Å². The van der Waals surface area contributed by atoms with Gasteiger partial charge in [-0.2, -0.15) is 10.1 Å². The van der Waals surface area contributed by atoms with Crippen molar-refractivity contribution in [3.8, 4) is 0 Å². The van der Waals surface area contributed by atoms with Crippen molar-refractivity contribution in [2.45, 2.75) is 6.54 Å². The first-order chi connectivity index (χ1) is 13.9. The molecule has 12 nitrogen and oxygen atoms in total. The van der Waals surface area contributed by atoms with E-state index in [9.17, 15) is 19.7 Å². The molecule has 0 bridgehead atoms. The van der Waals surface area contributed by atoms with Crippen LogP contribution in [0, 0.1) is 10.1 Å². The third-order valence-electron chi connectivity index (χ3n) is 3.58. The van der Waals surface area contributed by atoms with Crippen molar-refractivity contribution in [3.63, 3.8) is 0 Å². The number of non-ortho nitro benzene ring substituents is 1. The number of hydrogen-bond donors (Lipinski definition) is 2. The number of halogens is 1. The van der Waals surface area contributed by atoms with Gasteiger partial charge in [-0.3, -0.25) is 24.4 Å². The molecule has 0 unspecified atom stereocenters. The van der Waals surface area contributed by atoms with Crippen LogP contribution >= 0.6 is 15.9 Å². The van der Waals surface area contributed by atoms with Crippen LogP contribution in [0.4, 0.5) is 5.69 Å². The van der Waals surface area contributed by atoms with Crippen molar-refractivity contribution in [1.29, 1.82) is 0 Å². The second-order valence-corrected chi connectivity index (χ2v) is 6.61. The first kappa shape index (κ1) is 20.1. The minimum Gasteiger partial charge on any atom is -0.350 e. The number of benzene rings is 1. The molecular weight excluding hydrogens is 450 g/mol. The Labute approximate surface area is 171 Å². The lowest BCUT2D eigenvalue weighted by Crippen LogP contribution is -2.34. The van der Waals surface area contributed by atoms with Gasteiger partial charge in [-0.05, 0) is 22.0 Å². The van der Waals surface area contributed by atoms with E-state index in [1.54, 1.807) is 17.1 Å². The minimum atomic E-state index is -0.588. The predicted octanol–water partition coefficient (Wildman–Crippen LogP) is 1.14. The zero-order chi connectivity index (χ0) is 20.8. The van der Waals surface area contributed by atoms with Crippen LogP contribution in [0.15, 0.2) is 45.7 Å². The monoisotopic (exact) mass is 463 g/mol. The molecule has 29 heavy (non-hydrogen) atoms. The standard InChI is InChI=1S/C16H14BrN7O5/c17-11-7-20-23(8-11)9-13-21-16(29-22-13)15(26)19-5-4-18-14(25)10-2-1-3-12(6-10)24(27)28/h1-3,6-8H,4-5,9H2,(H,18,25)(H,19,26). The first-order valence-electron chi connectivity index (χ1n) is 8.24. The van der Waals surface area contributed by atoms with Crippen LogP contribution in [0.25, 0.3) is 0 Å². The van der Waals surface area contributed by atoms with Gasteiger partial charge in [0.2, 0.25) is 0 Å². The van der Waals surface area contributed by atoms with Gasteiger partial charge in [0.15, 0.2) is 5.82 Å². The van der Waals surface area contributed by atoms with Gasteiger partial charge in [0.1, 0.15) is 6.54 Å². The summed E-state index contributed by atoms with van der Waals surface area (Å²) in [6.07, 6.45) is 3.33. The molecule has 2 aromatic heterocycles. The van der Waals surface area contributed by atoms with E-state index < -0.39 is 16.7 Å². The average molecular weight is 464 g/mol. The Morgan fingerprint density at radius 2 is 2.00 bits per heavy atom. The SMILES string of the molecule is O=C(NCCNC(=O)c1nc(Cn2cc(Br)cn2)no1)c1cccc([N+](=O)[O-])c1. The fourth-order valence-corrected chi connectivity index (χ4v) is 2.60. The second-order valence-electron chi connectivity index (χ2n) is 5.69. The van der Waals surface area contributed by atoms with E-state index in [1.165, 1.54) is 24.3 Å². The van der Waals surface area contributed by atoms with Gasteiger partial charge in [-0.25, -0.2) is 0 Å². The van der Waals surface area contributed by atoms with Crippen molar-refractivity contribution in [3.05, 3.63) is 68.5 Å². The third kappa shape index (κ3) is 5.44. The lowest BCUT2D eigenvalue weighted by molar-refractivity contribution is -0.384. The van der Waals surface area contributed by atoms with Gasteiger partial charge in [-0.1, -0.05) is 11.2 Å². The van der Waals surface area contributed by atoms with E-state index in [1.807, 2.05) is 0 Å². The van der Waals surface area contributed by atoms with Gasteiger partial charge in [0.05, 0.1) is 15.6 Å². The maximum absolute atomic E-state index is 12.0. The summed E-state index contributed by atoms with van der Waals surface area (Å²) in [4.78, 5) is 38.2. The topological polar surface area (TPSA) is 158 Å². The van der Waals surface area contributed by atoms with Crippen molar-refractivity contribution < 1.29 is 19.0 Å². The highest BCUT2D eigenvalue weighted by Crippen LogP contribution is 2.12. The van der Waals surface area contributed by atoms with Gasteiger partial charge in [0, 0.05) is 37.0 Å². The Balaban J connectivity index is 1.44. The summed E-state index contributed by atoms with van der Waals surface area (Å²) in [5, 5.41) is 23.6. The fourth-order valence-electron chi connectivity index (χ4n) is 2.27. The molecule has 1 aromatic carbocycles. The Bertz CT molecular complexity index is 1050. The molecule has 0 fully saturated rings. The number of carbonyl (C=O) groups is 2. The summed E-state index contributed by atoms with van der Waals surface area (Å²) < 4.78 is 7.28. The second kappa shape index (κ2) is 9.05. The highest BCUT2D eigenvalue weighted by atomic mass is 79.9. The Kier molecular flexibility index (Phi) is 6.29. The minimum absolute atomic E-state index is 0.101. The molecule has 0 saturated carbocycles. The molecule has 2 N–H and O–H groups in total. The largest absolute Gasteiger partial charge is 0.350 e. The van der Waals surface area contributed by atoms with Crippen LogP contribution in [0.2, 0.25) is 0 Å². The Hall–Kier alpha value is -3.61. The molecule has 3 rings (SSSR count). The molecule has 0 aliphatic carbocycles. The maximum atomic E-state index is 12.0. The highest BCUT2D eigenvalue weighted by molar-refractivity contribution is 9.10. The molecule has 3 aromatic rings. The summed E-state index contributed by atoms with van der Waals surface area (Å²) >= 11 is 3.27. The molecule has 2 heterocycles. The van der Waals surface area contributed by atoms with Crippen molar-refractivity contribution in [1.82, 2.24) is 30.6 Å². The van der Waals surface area contributed by atoms with Gasteiger partial charge >= 0.3 is 11.8 Å². The highest BCUT2D eigenvalue weighted by Gasteiger charge is 2.16. The zero-order valence-corrected chi connectivity index (χ0v) is 16.3. The number of nitrogens with one attached hydrogen (secondary N) is 2. The number of hydrogen-bond acceptors (Lipinski definition) is 8. The molecule has 0 aliphatic rings. The third-order valence-corrected chi connectivity index (χ3v) is 3.99. The molecule has 150 valence electrons. The normalized spacial score (nSPS) is 10.5. The molecule has 0 spiro atoms. The van der Waals surface area contributed by atoms with E-state index in [0.717, 1.165) is 4.47 Å². The molecule has 0 radical (unpaired) electrons. The summed E-state index contributed by atoms with van der Waals surface area (Å²) in [6.45, 7) is 0.445. The Morgan fingerprint density at radius 3 is 2.69 bits per heavy atom. The maximum Gasteiger partial charge on any atom is 0.316 e.